The third kappa shape index (κ3) is 4.37. The number of nitrogens with zero attached hydrogens (tertiary/aromatic N) is 3. The predicted octanol–water partition coefficient (Wildman–Crippen LogP) is 2.33. The van der Waals surface area contributed by atoms with E-state index in [1.54, 1.807) is 17.9 Å². The van der Waals surface area contributed by atoms with Crippen molar-refractivity contribution in [1.82, 2.24) is 20.0 Å². The molecule has 1 aromatic rings. The zero-order valence-electron chi connectivity index (χ0n) is 17.8. The molecule has 8 nitrogen and oxygen atoms in total. The molecule has 4 rings (SSSR count). The molecule has 3 saturated heterocycles. The van der Waals surface area contributed by atoms with Crippen LogP contribution in [0.4, 0.5) is 14.0 Å². The summed E-state index contributed by atoms with van der Waals surface area (Å²) in [6, 6.07) is 6.10. The molecule has 31 heavy (non-hydrogen) atoms. The van der Waals surface area contributed by atoms with Gasteiger partial charge in [0.15, 0.2) is 0 Å². The minimum absolute atomic E-state index is 0.140. The summed E-state index contributed by atoms with van der Waals surface area (Å²) in [4.78, 5) is 43.1. The number of hydrogen-bond donors (Lipinski definition) is 1. The number of rotatable bonds is 4. The zero-order chi connectivity index (χ0) is 22.0. The van der Waals surface area contributed by atoms with Crippen molar-refractivity contribution in [1.29, 1.82) is 0 Å². The Kier molecular flexibility index (Phi) is 6.13. The van der Waals surface area contributed by atoms with Gasteiger partial charge in [-0.05, 0) is 50.3 Å². The Morgan fingerprint density at radius 2 is 1.90 bits per heavy atom. The van der Waals surface area contributed by atoms with Crippen LogP contribution in [0, 0.1) is 5.82 Å². The number of benzene rings is 1. The standard InChI is InChI=1S/C22H29FN4O4/c1-2-31-21(30)26-12-8-22(9-13-26)19(28)27(20(29)24-22)18-6-10-25(11-7-18)15-16-4-3-5-17(23)14-16/h3-5,14,18H,2,6-13,15H2,1H3,(H,24,29). The van der Waals surface area contributed by atoms with Gasteiger partial charge in [-0.1, -0.05) is 12.1 Å². The van der Waals surface area contributed by atoms with Crippen molar-refractivity contribution in [2.24, 2.45) is 0 Å². The second kappa shape index (κ2) is 8.82. The number of nitrogens with one attached hydrogen (secondary N) is 1. The maximum atomic E-state index is 13.4. The van der Waals surface area contributed by atoms with E-state index >= 15 is 0 Å². The molecule has 9 heteroatoms. The average Bonchev–Trinajstić information content (AvgIpc) is 2.99. The largest absolute Gasteiger partial charge is 0.450 e. The van der Waals surface area contributed by atoms with Gasteiger partial charge in [0, 0.05) is 38.8 Å². The van der Waals surface area contributed by atoms with Crippen LogP contribution in [-0.2, 0) is 16.1 Å². The van der Waals surface area contributed by atoms with Crippen LogP contribution in [-0.4, -0.2) is 77.1 Å². The molecular formula is C22H29FN4O4. The van der Waals surface area contributed by atoms with E-state index in [1.807, 2.05) is 6.07 Å². The van der Waals surface area contributed by atoms with Crippen molar-refractivity contribution >= 4 is 18.0 Å². The fourth-order valence-electron chi connectivity index (χ4n) is 4.83. The maximum absolute atomic E-state index is 13.4. The third-order valence-electron chi connectivity index (χ3n) is 6.55. The Hall–Kier alpha value is -2.68. The lowest BCUT2D eigenvalue weighted by atomic mass is 9.87. The molecule has 3 aliphatic rings. The Bertz CT molecular complexity index is 848. The van der Waals surface area contributed by atoms with Crippen molar-refractivity contribution in [2.75, 3.05) is 32.8 Å². The van der Waals surface area contributed by atoms with Crippen molar-refractivity contribution in [2.45, 2.75) is 50.7 Å². The number of likely N-dealkylation sites (tertiary alicyclic amines) is 2. The van der Waals surface area contributed by atoms with Gasteiger partial charge in [-0.3, -0.25) is 14.6 Å². The van der Waals surface area contributed by atoms with Crippen molar-refractivity contribution < 1.29 is 23.5 Å². The summed E-state index contributed by atoms with van der Waals surface area (Å²) in [7, 11) is 0. The Morgan fingerprint density at radius 1 is 1.19 bits per heavy atom. The summed E-state index contributed by atoms with van der Waals surface area (Å²) in [5.74, 6) is -0.421. The lowest BCUT2D eigenvalue weighted by Crippen LogP contribution is -2.56. The topological polar surface area (TPSA) is 82.2 Å². The molecule has 0 radical (unpaired) electrons. The quantitative estimate of drug-likeness (QED) is 0.739. The van der Waals surface area contributed by atoms with E-state index in [-0.39, 0.29) is 29.9 Å². The highest BCUT2D eigenvalue weighted by molar-refractivity contribution is 6.07. The number of imide groups is 1. The van der Waals surface area contributed by atoms with E-state index in [9.17, 15) is 18.8 Å². The first-order chi connectivity index (χ1) is 14.9. The Morgan fingerprint density at radius 3 is 2.55 bits per heavy atom. The van der Waals surface area contributed by atoms with Crippen molar-refractivity contribution in [3.63, 3.8) is 0 Å². The molecule has 0 unspecified atom stereocenters. The summed E-state index contributed by atoms with van der Waals surface area (Å²) >= 11 is 0. The zero-order valence-corrected chi connectivity index (χ0v) is 17.8. The maximum Gasteiger partial charge on any atom is 0.409 e. The van der Waals surface area contributed by atoms with Crippen LogP contribution in [0.5, 0.6) is 0 Å². The number of carbonyl (C=O) groups is 3. The molecular weight excluding hydrogens is 403 g/mol. The summed E-state index contributed by atoms with van der Waals surface area (Å²) < 4.78 is 18.5. The fraction of sp³-hybridized carbons (Fsp3) is 0.591. The van der Waals surface area contributed by atoms with Gasteiger partial charge in [0.25, 0.3) is 5.91 Å². The number of ether oxygens (including phenoxy) is 1. The van der Waals surface area contributed by atoms with E-state index in [1.165, 1.54) is 17.0 Å². The molecule has 1 aromatic carbocycles. The first kappa shape index (κ1) is 21.5. The molecule has 0 saturated carbocycles. The predicted molar refractivity (Wildman–Crippen MR) is 111 cm³/mol. The second-order valence-electron chi connectivity index (χ2n) is 8.51. The first-order valence-corrected chi connectivity index (χ1v) is 11.0. The minimum Gasteiger partial charge on any atom is -0.450 e. The average molecular weight is 432 g/mol. The van der Waals surface area contributed by atoms with Gasteiger partial charge in [0.1, 0.15) is 11.4 Å². The van der Waals surface area contributed by atoms with Gasteiger partial charge in [0.05, 0.1) is 6.61 Å². The number of halogens is 1. The van der Waals surface area contributed by atoms with Crippen LogP contribution in [0.3, 0.4) is 0 Å². The molecule has 1 N–H and O–H groups in total. The molecule has 168 valence electrons. The summed E-state index contributed by atoms with van der Waals surface area (Å²) in [5, 5.41) is 2.92. The smallest absolute Gasteiger partial charge is 0.409 e. The van der Waals surface area contributed by atoms with Gasteiger partial charge in [-0.2, -0.15) is 0 Å². The molecule has 3 aliphatic heterocycles. The van der Waals surface area contributed by atoms with Gasteiger partial charge in [0.2, 0.25) is 0 Å². The van der Waals surface area contributed by atoms with Crippen molar-refractivity contribution in [3.05, 3.63) is 35.6 Å². The lowest BCUT2D eigenvalue weighted by molar-refractivity contribution is -0.135. The van der Waals surface area contributed by atoms with Crippen LogP contribution in [0.15, 0.2) is 24.3 Å². The SMILES string of the molecule is CCOC(=O)N1CCC2(CC1)NC(=O)N(C1CCN(Cc3cccc(F)c3)CC1)C2=O. The number of carbonyl (C=O) groups excluding carboxylic acids is 3. The van der Waals surface area contributed by atoms with Gasteiger partial charge in [-0.25, -0.2) is 14.0 Å². The molecule has 3 heterocycles. The molecule has 3 fully saturated rings. The highest BCUT2D eigenvalue weighted by atomic mass is 19.1. The fourth-order valence-corrected chi connectivity index (χ4v) is 4.83. The normalized spacial score (nSPS) is 22.1. The van der Waals surface area contributed by atoms with Crippen LogP contribution < -0.4 is 5.32 Å². The van der Waals surface area contributed by atoms with Crippen LogP contribution >= 0.6 is 0 Å². The number of hydrogen-bond acceptors (Lipinski definition) is 5. The summed E-state index contributed by atoms with van der Waals surface area (Å²) in [5.41, 5.74) is -0.000514. The van der Waals surface area contributed by atoms with E-state index in [2.05, 4.69) is 10.2 Å². The molecule has 0 aliphatic carbocycles. The highest BCUT2D eigenvalue weighted by Gasteiger charge is 2.54. The van der Waals surface area contributed by atoms with Crippen molar-refractivity contribution in [3.8, 4) is 0 Å². The van der Waals surface area contributed by atoms with E-state index in [0.717, 1.165) is 18.7 Å². The summed E-state index contributed by atoms with van der Waals surface area (Å²) in [6.45, 7) is 4.95. The van der Waals surface area contributed by atoms with Crippen LogP contribution in [0.25, 0.3) is 0 Å². The van der Waals surface area contributed by atoms with Gasteiger partial charge in [-0.15, -0.1) is 0 Å². The first-order valence-electron chi connectivity index (χ1n) is 11.0. The number of piperidine rings is 2. The van der Waals surface area contributed by atoms with E-state index in [0.29, 0.717) is 51.9 Å². The Labute approximate surface area is 181 Å². The van der Waals surface area contributed by atoms with Crippen LogP contribution in [0.1, 0.15) is 38.2 Å². The lowest BCUT2D eigenvalue weighted by Gasteiger charge is -2.38. The molecule has 4 amide bonds. The third-order valence-corrected chi connectivity index (χ3v) is 6.55. The monoisotopic (exact) mass is 432 g/mol. The Balaban J connectivity index is 1.33. The number of urea groups is 1. The van der Waals surface area contributed by atoms with E-state index in [4.69, 9.17) is 4.74 Å². The van der Waals surface area contributed by atoms with Crippen LogP contribution in [0.2, 0.25) is 0 Å². The minimum atomic E-state index is -0.918. The molecule has 0 aromatic heterocycles. The number of amides is 4. The highest BCUT2D eigenvalue weighted by Crippen LogP contribution is 2.33. The molecule has 1 spiro atoms. The molecule has 0 atom stereocenters. The second-order valence-corrected chi connectivity index (χ2v) is 8.51. The van der Waals surface area contributed by atoms with Gasteiger partial charge < -0.3 is 15.0 Å². The summed E-state index contributed by atoms with van der Waals surface area (Å²) in [6.07, 6.45) is 1.80. The molecule has 0 bridgehead atoms. The van der Waals surface area contributed by atoms with E-state index < -0.39 is 5.54 Å². The van der Waals surface area contributed by atoms with Gasteiger partial charge >= 0.3 is 12.1 Å².